The van der Waals surface area contributed by atoms with Crippen LogP contribution in [-0.4, -0.2) is 57.8 Å². The van der Waals surface area contributed by atoms with Gasteiger partial charge in [0.25, 0.3) is 5.91 Å². The Morgan fingerprint density at radius 1 is 1.27 bits per heavy atom. The minimum Gasteiger partial charge on any atom is -0.543 e. The van der Waals surface area contributed by atoms with Gasteiger partial charge >= 0.3 is 24.8 Å². The number of aliphatic carboxylic acids is 1. The first-order chi connectivity index (χ1) is 15.0. The third kappa shape index (κ3) is 5.48. The van der Waals surface area contributed by atoms with Crippen molar-refractivity contribution in [3.05, 3.63) is 40.1 Å². The maximum atomic E-state index is 12.7. The molecule has 0 saturated carbocycles. The second-order valence-corrected chi connectivity index (χ2v) is 9.62. The summed E-state index contributed by atoms with van der Waals surface area (Å²) in [5.41, 5.74) is 2.49. The molecule has 1 N–H and O–H groups in total. The number of fused-ring (bicyclic) bond motifs is 1. The van der Waals surface area contributed by atoms with Gasteiger partial charge in [-0.2, -0.15) is 0 Å². The number of esters is 1. The monoisotopic (exact) mass is 466 g/mol. The van der Waals surface area contributed by atoms with Crippen LogP contribution in [0.5, 0.6) is 5.75 Å². The SMILES string of the molecule is CC(=O)OCC1=C(C(=O)[O-])N2C(=O)[C@@H](N=Cc3cc(C(C)C)c(O)c(C(C)C)c3)[C@@H]2SC1.[Li+]. The van der Waals surface area contributed by atoms with Gasteiger partial charge in [0.05, 0.1) is 11.7 Å². The van der Waals surface area contributed by atoms with Crippen molar-refractivity contribution in [2.75, 3.05) is 12.4 Å². The summed E-state index contributed by atoms with van der Waals surface area (Å²) in [6.45, 7) is 9.01. The maximum absolute atomic E-state index is 12.7. The van der Waals surface area contributed by atoms with Gasteiger partial charge in [-0.25, -0.2) is 0 Å². The molecule has 0 unspecified atom stereocenters. The Kier molecular flexibility index (Phi) is 8.86. The number of carbonyl (C=O) groups is 3. The average molecular weight is 466 g/mol. The van der Waals surface area contributed by atoms with Crippen LogP contribution in [0.3, 0.4) is 0 Å². The van der Waals surface area contributed by atoms with Crippen molar-refractivity contribution in [1.29, 1.82) is 0 Å². The number of phenols is 1. The molecule has 10 heteroatoms. The molecule has 0 aromatic heterocycles. The maximum Gasteiger partial charge on any atom is 1.00 e. The second-order valence-electron chi connectivity index (χ2n) is 8.51. The number of benzene rings is 1. The molecular formula is C23H27LiN2O6S. The van der Waals surface area contributed by atoms with Crippen molar-refractivity contribution < 1.29 is 48.2 Å². The number of hydrogen-bond acceptors (Lipinski definition) is 8. The number of ether oxygens (including phenoxy) is 1. The summed E-state index contributed by atoms with van der Waals surface area (Å²) in [7, 11) is 0. The third-order valence-corrected chi connectivity index (χ3v) is 6.81. The summed E-state index contributed by atoms with van der Waals surface area (Å²) in [6, 6.07) is 2.99. The molecule has 1 amide bonds. The second kappa shape index (κ2) is 10.8. The van der Waals surface area contributed by atoms with E-state index in [1.54, 1.807) is 6.21 Å². The number of carboxylic acids is 1. The van der Waals surface area contributed by atoms with E-state index in [-0.39, 0.29) is 48.7 Å². The number of β-lactam (4-membered cyclic amide) rings is 1. The van der Waals surface area contributed by atoms with E-state index in [9.17, 15) is 24.6 Å². The molecule has 1 aromatic rings. The third-order valence-electron chi connectivity index (χ3n) is 5.48. The van der Waals surface area contributed by atoms with Crippen LogP contribution < -0.4 is 24.0 Å². The molecule has 0 radical (unpaired) electrons. The summed E-state index contributed by atoms with van der Waals surface area (Å²) in [5, 5.41) is 21.8. The molecule has 2 aliphatic rings. The first-order valence-electron chi connectivity index (χ1n) is 10.4. The zero-order chi connectivity index (χ0) is 23.7. The standard InChI is InChI=1S/C23H28N2O6S.Li/c1-11(2)16-6-14(7-17(12(3)4)20(16)27)8-24-18-21(28)25-19(23(29)30)15(9-31-13(5)26)10-32-22(18)25;/h6-8,11-12,18,22,27H,9-10H2,1-5H3,(H,29,30);/q;+1/p-1/t18-,22+;/m1./s1. The summed E-state index contributed by atoms with van der Waals surface area (Å²) < 4.78 is 4.92. The quantitative estimate of drug-likeness (QED) is 0.235. The number of thioether (sulfide) groups is 1. The topological polar surface area (TPSA) is 119 Å². The molecule has 0 bridgehead atoms. The van der Waals surface area contributed by atoms with Crippen LogP contribution in [0.1, 0.15) is 63.1 Å². The van der Waals surface area contributed by atoms with Crippen LogP contribution in [0.25, 0.3) is 0 Å². The first kappa shape index (κ1) is 27.0. The minimum absolute atomic E-state index is 0. The van der Waals surface area contributed by atoms with E-state index in [1.165, 1.54) is 23.6 Å². The van der Waals surface area contributed by atoms with Crippen LogP contribution in [0.4, 0.5) is 0 Å². The van der Waals surface area contributed by atoms with Crippen molar-refractivity contribution in [1.82, 2.24) is 4.90 Å². The molecule has 1 saturated heterocycles. The van der Waals surface area contributed by atoms with E-state index in [0.717, 1.165) is 16.7 Å². The van der Waals surface area contributed by atoms with Crippen LogP contribution >= 0.6 is 11.8 Å². The van der Waals surface area contributed by atoms with Gasteiger partial charge in [0.15, 0.2) is 6.04 Å². The number of rotatable bonds is 7. The Balaban J connectivity index is 0.00000385. The Morgan fingerprint density at radius 2 is 1.85 bits per heavy atom. The predicted molar refractivity (Wildman–Crippen MR) is 119 cm³/mol. The van der Waals surface area contributed by atoms with Crippen LogP contribution in [0.15, 0.2) is 28.4 Å². The van der Waals surface area contributed by atoms with E-state index in [1.807, 2.05) is 39.8 Å². The Morgan fingerprint density at radius 3 is 2.33 bits per heavy atom. The molecule has 2 heterocycles. The van der Waals surface area contributed by atoms with Gasteiger partial charge in [0.2, 0.25) is 0 Å². The normalized spacial score (nSPS) is 20.1. The van der Waals surface area contributed by atoms with E-state index < -0.39 is 29.3 Å². The van der Waals surface area contributed by atoms with Gasteiger partial charge in [0, 0.05) is 24.5 Å². The molecule has 1 fully saturated rings. The number of phenolic OH excluding ortho intramolecular Hbond substituents is 1. The Bertz CT molecular complexity index is 991. The van der Waals surface area contributed by atoms with Crippen LogP contribution in [0, 0.1) is 0 Å². The van der Waals surface area contributed by atoms with Crippen LogP contribution in [0.2, 0.25) is 0 Å². The van der Waals surface area contributed by atoms with Crippen molar-refractivity contribution >= 4 is 35.8 Å². The summed E-state index contributed by atoms with van der Waals surface area (Å²) in [4.78, 5) is 41.1. The fourth-order valence-corrected chi connectivity index (χ4v) is 5.10. The zero-order valence-electron chi connectivity index (χ0n) is 19.7. The fraction of sp³-hybridized carbons (Fsp3) is 0.478. The number of aliphatic imine (C=N–C) groups is 1. The molecular weight excluding hydrogens is 439 g/mol. The number of nitrogens with zero attached hydrogens (tertiary/aromatic N) is 2. The molecule has 2 atom stereocenters. The molecule has 1 aromatic carbocycles. The van der Waals surface area contributed by atoms with Crippen molar-refractivity contribution in [3.8, 4) is 5.75 Å². The number of carbonyl (C=O) groups excluding carboxylic acids is 3. The Hall–Kier alpha value is -2.21. The van der Waals surface area contributed by atoms with Gasteiger partial charge in [-0.15, -0.1) is 11.8 Å². The van der Waals surface area contributed by atoms with Crippen molar-refractivity contribution in [2.24, 2.45) is 4.99 Å². The van der Waals surface area contributed by atoms with E-state index in [0.29, 0.717) is 11.3 Å². The van der Waals surface area contributed by atoms with Crippen molar-refractivity contribution in [3.63, 3.8) is 0 Å². The molecule has 2 aliphatic heterocycles. The number of aromatic hydroxyl groups is 1. The minimum atomic E-state index is -1.48. The van der Waals surface area contributed by atoms with Gasteiger partial charge in [-0.3, -0.25) is 19.5 Å². The van der Waals surface area contributed by atoms with Gasteiger partial charge < -0.3 is 19.7 Å². The van der Waals surface area contributed by atoms with Crippen LogP contribution in [-0.2, 0) is 19.1 Å². The molecule has 3 rings (SSSR count). The summed E-state index contributed by atoms with van der Waals surface area (Å²) in [6.07, 6.45) is 1.61. The number of amides is 1. The smallest absolute Gasteiger partial charge is 0.543 e. The average Bonchev–Trinajstić information content (AvgIpc) is 2.71. The van der Waals surface area contributed by atoms with Gasteiger partial charge in [-0.1, -0.05) is 27.7 Å². The van der Waals surface area contributed by atoms with Gasteiger partial charge in [0.1, 0.15) is 17.7 Å². The summed E-state index contributed by atoms with van der Waals surface area (Å²) in [5.74, 6) is -1.64. The zero-order valence-corrected chi connectivity index (χ0v) is 20.6. The van der Waals surface area contributed by atoms with Crippen molar-refractivity contribution in [2.45, 2.75) is 57.9 Å². The van der Waals surface area contributed by atoms with E-state index in [4.69, 9.17) is 4.74 Å². The largest absolute Gasteiger partial charge is 1.00 e. The number of carboxylic acid groups (broad SMARTS) is 1. The molecule has 8 nitrogen and oxygen atoms in total. The Labute approximate surface area is 209 Å². The van der Waals surface area contributed by atoms with E-state index >= 15 is 0 Å². The first-order valence-corrected chi connectivity index (χ1v) is 11.5. The van der Waals surface area contributed by atoms with E-state index in [2.05, 4.69) is 4.99 Å². The molecule has 172 valence electrons. The molecule has 0 aliphatic carbocycles. The number of hydrogen-bond donors (Lipinski definition) is 1. The molecule has 0 spiro atoms. The predicted octanol–water partition coefficient (Wildman–Crippen LogP) is -1.09. The van der Waals surface area contributed by atoms with Gasteiger partial charge in [-0.05, 0) is 40.7 Å². The summed E-state index contributed by atoms with van der Waals surface area (Å²) >= 11 is 1.37. The molecule has 33 heavy (non-hydrogen) atoms. The fourth-order valence-electron chi connectivity index (χ4n) is 3.78.